The summed E-state index contributed by atoms with van der Waals surface area (Å²) in [6.45, 7) is 1.52. The number of sulfone groups is 1. The molecule has 0 bridgehead atoms. The molecule has 0 aliphatic heterocycles. The largest absolute Gasteiger partial charge is 0.352 e. The smallest absolute Gasteiger partial charge is 0.251 e. The minimum atomic E-state index is -3.09. The van der Waals surface area contributed by atoms with Crippen molar-refractivity contribution in [2.75, 3.05) is 33.4 Å². The zero-order chi connectivity index (χ0) is 15.2. The Balaban J connectivity index is 2.58. The molecule has 6 heteroatoms. The molecule has 0 heterocycles. The first-order valence-corrected chi connectivity index (χ1v) is 8.53. The molecule has 0 aromatic heterocycles. The molecule has 0 fully saturated rings. The number of hydrogen-bond donors (Lipinski definition) is 1. The normalized spacial score (nSPS) is 11.6. The lowest BCUT2D eigenvalue weighted by molar-refractivity contribution is 0.0952. The van der Waals surface area contributed by atoms with Gasteiger partial charge in [-0.05, 0) is 44.8 Å². The van der Waals surface area contributed by atoms with Gasteiger partial charge in [0.15, 0.2) is 9.84 Å². The highest BCUT2D eigenvalue weighted by atomic mass is 32.2. The zero-order valence-electron chi connectivity index (χ0n) is 12.2. The maximum atomic E-state index is 11.9. The van der Waals surface area contributed by atoms with E-state index in [1.807, 2.05) is 14.1 Å². The summed E-state index contributed by atoms with van der Waals surface area (Å²) < 4.78 is 22.5. The third-order valence-electron chi connectivity index (χ3n) is 2.69. The Morgan fingerprint density at radius 3 is 2.60 bits per heavy atom. The quantitative estimate of drug-likeness (QED) is 0.760. The number of hydrogen-bond acceptors (Lipinski definition) is 4. The van der Waals surface area contributed by atoms with Gasteiger partial charge in [0.1, 0.15) is 0 Å². The monoisotopic (exact) mass is 298 g/mol. The number of amides is 1. The maximum absolute atomic E-state index is 11.9. The average molecular weight is 298 g/mol. The number of nitrogens with zero attached hydrogens (tertiary/aromatic N) is 1. The predicted molar refractivity (Wildman–Crippen MR) is 80.5 cm³/mol. The van der Waals surface area contributed by atoms with E-state index in [2.05, 4.69) is 10.2 Å². The van der Waals surface area contributed by atoms with Crippen LogP contribution in [0.5, 0.6) is 0 Å². The van der Waals surface area contributed by atoms with Gasteiger partial charge in [-0.2, -0.15) is 0 Å². The fourth-order valence-corrected chi connectivity index (χ4v) is 2.59. The molecule has 0 unspecified atom stereocenters. The molecular formula is C14H22N2O3S. The van der Waals surface area contributed by atoms with Crippen LogP contribution in [0.1, 0.15) is 22.3 Å². The Bertz CT molecular complexity index is 553. The van der Waals surface area contributed by atoms with Gasteiger partial charge in [0.05, 0.1) is 5.75 Å². The lowest BCUT2D eigenvalue weighted by Crippen LogP contribution is -2.27. The third-order valence-corrected chi connectivity index (χ3v) is 3.54. The standard InChI is InChI=1S/C14H22N2O3S/c1-16(2)9-5-8-15-14(17)13-7-4-6-12(10-13)11-20(3,18)19/h4,6-7,10H,5,8-9,11H2,1-3H3,(H,15,17). The van der Waals surface area contributed by atoms with Crippen molar-refractivity contribution in [2.24, 2.45) is 0 Å². The summed E-state index contributed by atoms with van der Waals surface area (Å²) in [7, 11) is 0.878. The van der Waals surface area contributed by atoms with E-state index in [1.54, 1.807) is 24.3 Å². The molecule has 0 spiro atoms. The van der Waals surface area contributed by atoms with Gasteiger partial charge in [0.2, 0.25) is 0 Å². The van der Waals surface area contributed by atoms with Gasteiger partial charge >= 0.3 is 0 Å². The van der Waals surface area contributed by atoms with Crippen LogP contribution in [0.3, 0.4) is 0 Å². The molecule has 5 nitrogen and oxygen atoms in total. The van der Waals surface area contributed by atoms with Crippen LogP contribution in [0, 0.1) is 0 Å². The molecule has 0 aliphatic carbocycles. The Kier molecular flexibility index (Phi) is 6.16. The number of carbonyl (C=O) groups excluding carboxylic acids is 1. The van der Waals surface area contributed by atoms with Crippen molar-refractivity contribution in [3.05, 3.63) is 35.4 Å². The van der Waals surface area contributed by atoms with E-state index >= 15 is 0 Å². The lowest BCUT2D eigenvalue weighted by Gasteiger charge is -2.10. The molecule has 1 aromatic rings. The fourth-order valence-electron chi connectivity index (χ4n) is 1.80. The third kappa shape index (κ3) is 6.68. The van der Waals surface area contributed by atoms with Crippen LogP contribution in [0.2, 0.25) is 0 Å². The van der Waals surface area contributed by atoms with Crippen LogP contribution in [-0.2, 0) is 15.6 Å². The second kappa shape index (κ2) is 7.40. The average Bonchev–Trinajstić information content (AvgIpc) is 2.32. The summed E-state index contributed by atoms with van der Waals surface area (Å²) in [4.78, 5) is 14.0. The van der Waals surface area contributed by atoms with E-state index in [1.165, 1.54) is 6.26 Å². The molecule has 1 amide bonds. The van der Waals surface area contributed by atoms with Gasteiger partial charge in [-0.1, -0.05) is 12.1 Å². The summed E-state index contributed by atoms with van der Waals surface area (Å²) >= 11 is 0. The summed E-state index contributed by atoms with van der Waals surface area (Å²) in [5, 5.41) is 2.83. The van der Waals surface area contributed by atoms with Crippen molar-refractivity contribution in [2.45, 2.75) is 12.2 Å². The van der Waals surface area contributed by atoms with E-state index in [4.69, 9.17) is 0 Å². The molecule has 0 saturated carbocycles. The Labute approximate surface area is 120 Å². The van der Waals surface area contributed by atoms with Crippen LogP contribution in [-0.4, -0.2) is 52.7 Å². The SMILES string of the molecule is CN(C)CCCNC(=O)c1cccc(CS(C)(=O)=O)c1. The first-order valence-electron chi connectivity index (χ1n) is 6.47. The molecule has 0 radical (unpaired) electrons. The predicted octanol–water partition coefficient (Wildman–Crippen LogP) is 0.913. The first kappa shape index (κ1) is 16.7. The summed E-state index contributed by atoms with van der Waals surface area (Å²) in [6, 6.07) is 6.73. The van der Waals surface area contributed by atoms with Crippen molar-refractivity contribution in [1.82, 2.24) is 10.2 Å². The minimum absolute atomic E-state index is 0.0469. The summed E-state index contributed by atoms with van der Waals surface area (Å²) in [5.41, 5.74) is 1.13. The first-order chi connectivity index (χ1) is 9.28. The maximum Gasteiger partial charge on any atom is 0.251 e. The van der Waals surface area contributed by atoms with Crippen molar-refractivity contribution in [1.29, 1.82) is 0 Å². The molecule has 0 saturated heterocycles. The number of nitrogens with one attached hydrogen (secondary N) is 1. The van der Waals surface area contributed by atoms with E-state index in [9.17, 15) is 13.2 Å². The van der Waals surface area contributed by atoms with Crippen LogP contribution in [0.25, 0.3) is 0 Å². The molecular weight excluding hydrogens is 276 g/mol. The zero-order valence-corrected chi connectivity index (χ0v) is 13.0. The second-order valence-electron chi connectivity index (χ2n) is 5.18. The lowest BCUT2D eigenvalue weighted by atomic mass is 10.1. The molecule has 20 heavy (non-hydrogen) atoms. The van der Waals surface area contributed by atoms with Crippen molar-refractivity contribution in [3.63, 3.8) is 0 Å². The molecule has 0 atom stereocenters. The van der Waals surface area contributed by atoms with Gasteiger partial charge in [-0.15, -0.1) is 0 Å². The van der Waals surface area contributed by atoms with E-state index in [-0.39, 0.29) is 11.7 Å². The topological polar surface area (TPSA) is 66.5 Å². The van der Waals surface area contributed by atoms with Crippen LogP contribution >= 0.6 is 0 Å². The number of rotatable bonds is 7. The van der Waals surface area contributed by atoms with E-state index in [0.717, 1.165) is 13.0 Å². The second-order valence-corrected chi connectivity index (χ2v) is 7.32. The van der Waals surface area contributed by atoms with E-state index in [0.29, 0.717) is 17.7 Å². The van der Waals surface area contributed by atoms with Gasteiger partial charge in [-0.3, -0.25) is 4.79 Å². The highest BCUT2D eigenvalue weighted by Gasteiger charge is 2.09. The van der Waals surface area contributed by atoms with Gasteiger partial charge in [0, 0.05) is 18.4 Å². The Hall–Kier alpha value is -1.40. The Morgan fingerprint density at radius 2 is 2.00 bits per heavy atom. The molecule has 1 N–H and O–H groups in total. The molecule has 112 valence electrons. The van der Waals surface area contributed by atoms with Crippen molar-refractivity contribution >= 4 is 15.7 Å². The summed E-state index contributed by atoms with van der Waals surface area (Å²) in [6.07, 6.45) is 2.06. The van der Waals surface area contributed by atoms with Crippen LogP contribution < -0.4 is 5.32 Å². The fraction of sp³-hybridized carbons (Fsp3) is 0.500. The van der Waals surface area contributed by atoms with Crippen LogP contribution in [0.4, 0.5) is 0 Å². The highest BCUT2D eigenvalue weighted by molar-refractivity contribution is 7.89. The Morgan fingerprint density at radius 1 is 1.30 bits per heavy atom. The van der Waals surface area contributed by atoms with Gasteiger partial charge in [-0.25, -0.2) is 8.42 Å². The van der Waals surface area contributed by atoms with Gasteiger partial charge in [0.25, 0.3) is 5.91 Å². The minimum Gasteiger partial charge on any atom is -0.352 e. The number of carbonyl (C=O) groups is 1. The summed E-state index contributed by atoms with van der Waals surface area (Å²) in [5.74, 6) is -0.214. The van der Waals surface area contributed by atoms with Crippen molar-refractivity contribution in [3.8, 4) is 0 Å². The van der Waals surface area contributed by atoms with Gasteiger partial charge < -0.3 is 10.2 Å². The highest BCUT2D eigenvalue weighted by Crippen LogP contribution is 2.08. The van der Waals surface area contributed by atoms with Crippen LogP contribution in [0.15, 0.2) is 24.3 Å². The van der Waals surface area contributed by atoms with E-state index < -0.39 is 9.84 Å². The molecule has 1 aromatic carbocycles. The number of benzene rings is 1. The molecule has 0 aliphatic rings. The van der Waals surface area contributed by atoms with Crippen molar-refractivity contribution < 1.29 is 13.2 Å². The molecule has 1 rings (SSSR count).